The highest BCUT2D eigenvalue weighted by Gasteiger charge is 2.17. The fraction of sp³-hybridized carbons (Fsp3) is 0.167. The first-order valence-electron chi connectivity index (χ1n) is 7.79. The molecule has 2 rings (SSSR count). The molecule has 2 aromatic rings. The zero-order chi connectivity index (χ0) is 20.2. The first-order chi connectivity index (χ1) is 12.6. The molecule has 0 unspecified atom stereocenters. The Hall–Kier alpha value is -3.04. The van der Waals surface area contributed by atoms with E-state index in [0.717, 1.165) is 6.07 Å². The van der Waals surface area contributed by atoms with Crippen molar-refractivity contribution in [2.75, 3.05) is 11.9 Å². The summed E-state index contributed by atoms with van der Waals surface area (Å²) in [6.45, 7) is 2.45. The van der Waals surface area contributed by atoms with E-state index < -0.39 is 28.4 Å². The number of primary sulfonamides is 1. The Balaban J connectivity index is 2.07. The van der Waals surface area contributed by atoms with Crippen LogP contribution in [0.3, 0.4) is 0 Å². The summed E-state index contributed by atoms with van der Waals surface area (Å²) >= 11 is 0. The lowest BCUT2D eigenvalue weighted by atomic mass is 10.1. The Morgan fingerprint density at radius 1 is 1.07 bits per heavy atom. The Bertz CT molecular complexity index is 997. The summed E-state index contributed by atoms with van der Waals surface area (Å²) in [6, 6.07) is 9.91. The molecule has 0 aliphatic carbocycles. The average Bonchev–Trinajstić information content (AvgIpc) is 2.59. The maximum atomic E-state index is 12.2. The SMILES string of the molecule is CC(=O)Nc1ccc(C(=O)COC(=O)c2cc(S(N)(=O)=O)ccc2C)cc1. The number of carbonyl (C=O) groups is 3. The van der Waals surface area contributed by atoms with Crippen molar-refractivity contribution in [1.82, 2.24) is 0 Å². The summed E-state index contributed by atoms with van der Waals surface area (Å²) in [5.41, 5.74) is 1.33. The van der Waals surface area contributed by atoms with E-state index in [-0.39, 0.29) is 16.4 Å². The van der Waals surface area contributed by atoms with E-state index in [0.29, 0.717) is 16.8 Å². The highest BCUT2D eigenvalue weighted by atomic mass is 32.2. The van der Waals surface area contributed by atoms with Crippen LogP contribution in [0, 0.1) is 6.92 Å². The molecule has 1 amide bonds. The van der Waals surface area contributed by atoms with Crippen molar-refractivity contribution in [3.05, 3.63) is 59.2 Å². The van der Waals surface area contributed by atoms with E-state index in [2.05, 4.69) is 5.32 Å². The van der Waals surface area contributed by atoms with E-state index in [1.54, 1.807) is 19.1 Å². The van der Waals surface area contributed by atoms with Crippen LogP contribution in [-0.4, -0.2) is 32.7 Å². The summed E-state index contributed by atoms with van der Waals surface area (Å²) in [5, 5.41) is 7.63. The molecule has 3 N–H and O–H groups in total. The number of rotatable bonds is 6. The number of hydrogen-bond donors (Lipinski definition) is 2. The number of aryl methyl sites for hydroxylation is 1. The number of amides is 1. The van der Waals surface area contributed by atoms with Gasteiger partial charge in [0.15, 0.2) is 12.4 Å². The molecule has 0 radical (unpaired) electrons. The van der Waals surface area contributed by atoms with Crippen LogP contribution >= 0.6 is 0 Å². The number of hydrogen-bond acceptors (Lipinski definition) is 6. The summed E-state index contributed by atoms with van der Waals surface area (Å²) in [6.07, 6.45) is 0. The van der Waals surface area contributed by atoms with Crippen LogP contribution in [-0.2, 0) is 19.6 Å². The van der Waals surface area contributed by atoms with Crippen molar-refractivity contribution in [3.8, 4) is 0 Å². The topological polar surface area (TPSA) is 133 Å². The number of benzene rings is 2. The van der Waals surface area contributed by atoms with E-state index in [1.165, 1.54) is 31.2 Å². The van der Waals surface area contributed by atoms with E-state index in [1.807, 2.05) is 0 Å². The molecule has 0 bridgehead atoms. The van der Waals surface area contributed by atoms with Gasteiger partial charge < -0.3 is 10.1 Å². The number of anilines is 1. The molecule has 0 heterocycles. The second kappa shape index (κ2) is 8.11. The van der Waals surface area contributed by atoms with Gasteiger partial charge in [-0.25, -0.2) is 18.4 Å². The van der Waals surface area contributed by atoms with Gasteiger partial charge in [-0.3, -0.25) is 9.59 Å². The molecule has 9 heteroatoms. The lowest BCUT2D eigenvalue weighted by molar-refractivity contribution is -0.114. The van der Waals surface area contributed by atoms with Crippen LogP contribution in [0.25, 0.3) is 0 Å². The van der Waals surface area contributed by atoms with E-state index in [4.69, 9.17) is 9.88 Å². The largest absolute Gasteiger partial charge is 0.454 e. The van der Waals surface area contributed by atoms with Crippen molar-refractivity contribution in [3.63, 3.8) is 0 Å². The summed E-state index contributed by atoms with van der Waals surface area (Å²) in [7, 11) is -3.97. The van der Waals surface area contributed by atoms with Gasteiger partial charge in [-0.2, -0.15) is 0 Å². The van der Waals surface area contributed by atoms with Gasteiger partial charge in [0.05, 0.1) is 10.5 Å². The van der Waals surface area contributed by atoms with Crippen molar-refractivity contribution in [2.45, 2.75) is 18.7 Å². The number of carbonyl (C=O) groups excluding carboxylic acids is 3. The number of ether oxygens (including phenoxy) is 1. The fourth-order valence-corrected chi connectivity index (χ4v) is 2.77. The van der Waals surface area contributed by atoms with Crippen molar-refractivity contribution in [1.29, 1.82) is 0 Å². The summed E-state index contributed by atoms with van der Waals surface area (Å²) in [5.74, 6) is -1.51. The van der Waals surface area contributed by atoms with Crippen LogP contribution in [0.2, 0.25) is 0 Å². The first kappa shape index (κ1) is 20.3. The molecule has 2 aromatic carbocycles. The number of nitrogens with two attached hydrogens (primary N) is 1. The number of sulfonamides is 1. The van der Waals surface area contributed by atoms with Gasteiger partial charge in [0.2, 0.25) is 15.9 Å². The maximum absolute atomic E-state index is 12.2. The second-order valence-corrected chi connectivity index (χ2v) is 7.34. The normalized spacial score (nSPS) is 10.9. The quantitative estimate of drug-likeness (QED) is 0.569. The fourth-order valence-electron chi connectivity index (χ4n) is 2.23. The van der Waals surface area contributed by atoms with Gasteiger partial charge >= 0.3 is 5.97 Å². The number of ketones is 1. The first-order valence-corrected chi connectivity index (χ1v) is 9.34. The minimum Gasteiger partial charge on any atom is -0.454 e. The molecule has 142 valence electrons. The van der Waals surface area contributed by atoms with Gasteiger partial charge in [-0.1, -0.05) is 6.07 Å². The second-order valence-electron chi connectivity index (χ2n) is 5.78. The summed E-state index contributed by atoms with van der Waals surface area (Å²) in [4.78, 5) is 35.1. The monoisotopic (exact) mass is 390 g/mol. The molecule has 0 spiro atoms. The van der Waals surface area contributed by atoms with Crippen LogP contribution in [0.5, 0.6) is 0 Å². The lowest BCUT2D eigenvalue weighted by Gasteiger charge is -2.09. The maximum Gasteiger partial charge on any atom is 0.338 e. The van der Waals surface area contributed by atoms with Crippen LogP contribution < -0.4 is 10.5 Å². The smallest absolute Gasteiger partial charge is 0.338 e. The minimum absolute atomic E-state index is 0.00957. The molecule has 0 fully saturated rings. The minimum atomic E-state index is -3.97. The third-order valence-electron chi connectivity index (χ3n) is 3.62. The Morgan fingerprint density at radius 2 is 1.70 bits per heavy atom. The molecule has 0 aromatic heterocycles. The van der Waals surface area contributed by atoms with Crippen LogP contribution in [0.4, 0.5) is 5.69 Å². The Morgan fingerprint density at radius 3 is 2.26 bits per heavy atom. The summed E-state index contributed by atoms with van der Waals surface area (Å²) < 4.78 is 27.8. The van der Waals surface area contributed by atoms with E-state index in [9.17, 15) is 22.8 Å². The highest BCUT2D eigenvalue weighted by Crippen LogP contribution is 2.16. The van der Waals surface area contributed by atoms with Gasteiger partial charge in [0.1, 0.15) is 0 Å². The third-order valence-corrected chi connectivity index (χ3v) is 4.53. The van der Waals surface area contributed by atoms with Crippen LogP contribution in [0.1, 0.15) is 33.2 Å². The number of esters is 1. The van der Waals surface area contributed by atoms with Gasteiger partial charge in [0.25, 0.3) is 0 Å². The molecule has 27 heavy (non-hydrogen) atoms. The van der Waals surface area contributed by atoms with Crippen molar-refractivity contribution >= 4 is 33.4 Å². The van der Waals surface area contributed by atoms with Gasteiger partial charge in [-0.15, -0.1) is 0 Å². The highest BCUT2D eigenvalue weighted by molar-refractivity contribution is 7.89. The molecule has 0 aliphatic rings. The van der Waals surface area contributed by atoms with E-state index >= 15 is 0 Å². The number of nitrogens with one attached hydrogen (secondary N) is 1. The Kier molecular flexibility index (Phi) is 6.09. The molecule has 0 atom stereocenters. The zero-order valence-electron chi connectivity index (χ0n) is 14.7. The molecular formula is C18H18N2O6S. The lowest BCUT2D eigenvalue weighted by Crippen LogP contribution is -2.17. The number of Topliss-reactive ketones (excluding diaryl/α,β-unsaturated/α-hetero) is 1. The molecule has 8 nitrogen and oxygen atoms in total. The predicted octanol–water partition coefficient (Wildman–Crippen LogP) is 1.64. The molecular weight excluding hydrogens is 372 g/mol. The van der Waals surface area contributed by atoms with Gasteiger partial charge in [0, 0.05) is 18.2 Å². The zero-order valence-corrected chi connectivity index (χ0v) is 15.5. The third kappa shape index (κ3) is 5.47. The predicted molar refractivity (Wildman–Crippen MR) is 97.9 cm³/mol. The Labute approximate surface area is 156 Å². The standard InChI is InChI=1S/C18H18N2O6S/c1-11-3-8-15(27(19,24)25)9-16(11)18(23)26-10-17(22)13-4-6-14(7-5-13)20-12(2)21/h3-9H,10H2,1-2H3,(H,20,21)(H2,19,24,25). The van der Waals surface area contributed by atoms with Gasteiger partial charge in [-0.05, 0) is 48.9 Å². The van der Waals surface area contributed by atoms with Crippen LogP contribution in [0.15, 0.2) is 47.4 Å². The molecule has 0 saturated heterocycles. The molecule has 0 saturated carbocycles. The van der Waals surface area contributed by atoms with Crippen molar-refractivity contribution in [2.24, 2.45) is 5.14 Å². The van der Waals surface area contributed by atoms with Crippen molar-refractivity contribution < 1.29 is 27.5 Å². The molecule has 0 aliphatic heterocycles. The average molecular weight is 390 g/mol.